The quantitative estimate of drug-likeness (QED) is 0.798. The zero-order valence-electron chi connectivity index (χ0n) is 11.9. The van der Waals surface area contributed by atoms with E-state index in [1.54, 1.807) is 12.1 Å². The molecule has 0 atom stereocenters. The lowest BCUT2D eigenvalue weighted by molar-refractivity contribution is 0.0971. The van der Waals surface area contributed by atoms with Crippen molar-refractivity contribution in [3.05, 3.63) is 34.9 Å². The number of rotatable bonds is 4. The molecule has 1 fully saturated rings. The maximum Gasteiger partial charge on any atom is 0.177 e. The lowest BCUT2D eigenvalue weighted by atomic mass is 10.0. The van der Waals surface area contributed by atoms with Gasteiger partial charge in [-0.3, -0.25) is 4.79 Å². The fraction of sp³-hybridized carbons (Fsp3) is 0.533. The summed E-state index contributed by atoms with van der Waals surface area (Å²) in [4.78, 5) is 12.2. The van der Waals surface area contributed by atoms with Crippen LogP contribution in [0.2, 0.25) is 0 Å². The molecule has 110 valence electrons. The molecule has 1 aromatic carbocycles. The number of hydrogen-bond acceptors (Lipinski definition) is 4. The zero-order valence-corrected chi connectivity index (χ0v) is 12.7. The first-order valence-electron chi connectivity index (χ1n) is 6.80. The van der Waals surface area contributed by atoms with Crippen molar-refractivity contribution in [2.75, 3.05) is 19.0 Å². The highest BCUT2D eigenvalue weighted by molar-refractivity contribution is 7.92. The molecule has 1 heterocycles. The molecule has 0 aromatic heterocycles. The van der Waals surface area contributed by atoms with E-state index in [9.17, 15) is 13.2 Å². The minimum absolute atomic E-state index is 0.320. The van der Waals surface area contributed by atoms with E-state index < -0.39 is 20.8 Å². The van der Waals surface area contributed by atoms with Gasteiger partial charge >= 0.3 is 0 Å². The number of sulfone groups is 1. The highest BCUT2D eigenvalue weighted by Gasteiger charge is 2.30. The lowest BCUT2D eigenvalue weighted by Gasteiger charge is -2.21. The van der Waals surface area contributed by atoms with Crippen LogP contribution in [0.15, 0.2) is 18.2 Å². The summed E-state index contributed by atoms with van der Waals surface area (Å²) in [6.07, 6.45) is 0.977. The average Bonchev–Trinajstić information content (AvgIpc) is 2.42. The van der Waals surface area contributed by atoms with Crippen molar-refractivity contribution in [3.63, 3.8) is 0 Å². The van der Waals surface area contributed by atoms with Crippen LogP contribution in [0.1, 0.15) is 34.3 Å². The van der Waals surface area contributed by atoms with Crippen LogP contribution in [0.25, 0.3) is 0 Å². The smallest absolute Gasteiger partial charge is 0.177 e. The molecule has 0 amide bonds. The highest BCUT2D eigenvalue weighted by Crippen LogP contribution is 2.18. The maximum atomic E-state index is 12.2. The maximum absolute atomic E-state index is 12.2. The van der Waals surface area contributed by atoms with E-state index in [0.29, 0.717) is 31.6 Å². The molecule has 0 aliphatic carbocycles. The first-order valence-corrected chi connectivity index (χ1v) is 8.51. The topological polar surface area (TPSA) is 60.4 Å². The van der Waals surface area contributed by atoms with E-state index in [1.807, 2.05) is 19.9 Å². The van der Waals surface area contributed by atoms with E-state index in [1.165, 1.54) is 0 Å². The molecule has 0 N–H and O–H groups in total. The van der Waals surface area contributed by atoms with Crippen molar-refractivity contribution in [1.29, 1.82) is 0 Å². The van der Waals surface area contributed by atoms with Gasteiger partial charge in [-0.2, -0.15) is 0 Å². The molecule has 4 nitrogen and oxygen atoms in total. The summed E-state index contributed by atoms with van der Waals surface area (Å²) < 4.78 is 29.7. The van der Waals surface area contributed by atoms with Gasteiger partial charge in [-0.05, 0) is 43.9 Å². The molecule has 1 aliphatic heterocycles. The zero-order chi connectivity index (χ0) is 14.8. The van der Waals surface area contributed by atoms with Crippen LogP contribution in [0.3, 0.4) is 0 Å². The number of hydrogen-bond donors (Lipinski definition) is 0. The second-order valence-corrected chi connectivity index (χ2v) is 7.62. The third-order valence-electron chi connectivity index (χ3n) is 3.84. The van der Waals surface area contributed by atoms with Crippen LogP contribution in [-0.2, 0) is 14.6 Å². The van der Waals surface area contributed by atoms with Gasteiger partial charge in [0.05, 0.1) is 5.25 Å². The predicted octanol–water partition coefficient (Wildman–Crippen LogP) is 2.08. The molecule has 0 unspecified atom stereocenters. The SMILES string of the molecule is Cc1ccc(C(=O)CS(=O)(=O)C2CCOCC2)cc1C. The predicted molar refractivity (Wildman–Crippen MR) is 77.9 cm³/mol. The highest BCUT2D eigenvalue weighted by atomic mass is 32.2. The van der Waals surface area contributed by atoms with Crippen molar-refractivity contribution in [2.45, 2.75) is 31.9 Å². The monoisotopic (exact) mass is 296 g/mol. The average molecular weight is 296 g/mol. The van der Waals surface area contributed by atoms with Gasteiger partial charge in [0.1, 0.15) is 5.75 Å². The summed E-state index contributed by atoms with van der Waals surface area (Å²) in [6, 6.07) is 5.31. The largest absolute Gasteiger partial charge is 0.381 e. The molecule has 0 bridgehead atoms. The third kappa shape index (κ3) is 3.46. The molecular weight excluding hydrogens is 276 g/mol. The minimum atomic E-state index is -3.38. The van der Waals surface area contributed by atoms with Crippen LogP contribution in [-0.4, -0.2) is 38.4 Å². The molecular formula is C15H20O4S. The Labute approximate surface area is 120 Å². The Morgan fingerprint density at radius 3 is 2.45 bits per heavy atom. The first-order chi connectivity index (χ1) is 9.40. The molecule has 1 aliphatic rings. The van der Waals surface area contributed by atoms with Gasteiger partial charge < -0.3 is 4.74 Å². The number of carbonyl (C=O) groups excluding carboxylic acids is 1. The Morgan fingerprint density at radius 2 is 1.85 bits per heavy atom. The molecule has 20 heavy (non-hydrogen) atoms. The van der Waals surface area contributed by atoms with Gasteiger partial charge in [0, 0.05) is 18.8 Å². The molecule has 0 spiro atoms. The lowest BCUT2D eigenvalue weighted by Crippen LogP contribution is -2.33. The van der Waals surface area contributed by atoms with E-state index in [-0.39, 0.29) is 5.78 Å². The van der Waals surface area contributed by atoms with Gasteiger partial charge in [-0.15, -0.1) is 0 Å². The standard InChI is InChI=1S/C15H20O4S/c1-11-3-4-13(9-12(11)2)15(16)10-20(17,18)14-5-7-19-8-6-14/h3-4,9,14H,5-8,10H2,1-2H3. The van der Waals surface area contributed by atoms with Crippen molar-refractivity contribution in [2.24, 2.45) is 0 Å². The van der Waals surface area contributed by atoms with E-state index in [0.717, 1.165) is 11.1 Å². The number of aryl methyl sites for hydroxylation is 2. The number of ketones is 1. The second-order valence-electron chi connectivity index (χ2n) is 5.34. The normalized spacial score (nSPS) is 17.1. The number of ether oxygens (including phenoxy) is 1. The van der Waals surface area contributed by atoms with Gasteiger partial charge in [0.2, 0.25) is 0 Å². The summed E-state index contributed by atoms with van der Waals surface area (Å²) in [5.41, 5.74) is 2.57. The van der Waals surface area contributed by atoms with Crippen LogP contribution in [0.4, 0.5) is 0 Å². The van der Waals surface area contributed by atoms with Crippen molar-refractivity contribution in [3.8, 4) is 0 Å². The van der Waals surface area contributed by atoms with Crippen LogP contribution in [0.5, 0.6) is 0 Å². The number of Topliss-reactive ketones (excluding diaryl/α,β-unsaturated/α-hetero) is 1. The number of benzene rings is 1. The van der Waals surface area contributed by atoms with Crippen molar-refractivity contribution in [1.82, 2.24) is 0 Å². The molecule has 1 saturated heterocycles. The second kappa shape index (κ2) is 6.06. The molecule has 1 aromatic rings. The van der Waals surface area contributed by atoms with Crippen LogP contribution < -0.4 is 0 Å². The van der Waals surface area contributed by atoms with Crippen molar-refractivity contribution >= 4 is 15.6 Å². The molecule has 0 radical (unpaired) electrons. The fourth-order valence-electron chi connectivity index (χ4n) is 2.33. The summed E-state index contributed by atoms with van der Waals surface area (Å²) >= 11 is 0. The van der Waals surface area contributed by atoms with Gasteiger partial charge in [-0.1, -0.05) is 12.1 Å². The van der Waals surface area contributed by atoms with E-state index in [2.05, 4.69) is 0 Å². The minimum Gasteiger partial charge on any atom is -0.381 e. The third-order valence-corrected chi connectivity index (χ3v) is 5.99. The van der Waals surface area contributed by atoms with Gasteiger partial charge in [0.25, 0.3) is 0 Å². The van der Waals surface area contributed by atoms with E-state index >= 15 is 0 Å². The Kier molecular flexibility index (Phi) is 4.60. The Hall–Kier alpha value is -1.20. The first kappa shape index (κ1) is 15.2. The Morgan fingerprint density at radius 1 is 1.20 bits per heavy atom. The summed E-state index contributed by atoms with van der Waals surface area (Å²) in [5.74, 6) is -0.722. The summed E-state index contributed by atoms with van der Waals surface area (Å²) in [7, 11) is -3.38. The Balaban J connectivity index is 2.11. The summed E-state index contributed by atoms with van der Waals surface area (Å²) in [5, 5.41) is -0.438. The summed E-state index contributed by atoms with van der Waals surface area (Å²) in [6.45, 7) is 4.80. The Bertz CT molecular complexity index is 598. The molecule has 5 heteroatoms. The fourth-order valence-corrected chi connectivity index (χ4v) is 4.01. The van der Waals surface area contributed by atoms with Gasteiger partial charge in [-0.25, -0.2) is 8.42 Å². The van der Waals surface area contributed by atoms with E-state index in [4.69, 9.17) is 4.74 Å². The molecule has 0 saturated carbocycles. The van der Waals surface area contributed by atoms with Crippen LogP contribution in [0, 0.1) is 13.8 Å². The van der Waals surface area contributed by atoms with Gasteiger partial charge in [0.15, 0.2) is 15.6 Å². The number of carbonyl (C=O) groups is 1. The van der Waals surface area contributed by atoms with Crippen LogP contribution >= 0.6 is 0 Å². The van der Waals surface area contributed by atoms with Crippen molar-refractivity contribution < 1.29 is 17.9 Å². The molecule has 2 rings (SSSR count).